The van der Waals surface area contributed by atoms with Crippen LogP contribution in [0.25, 0.3) is 11.3 Å². The van der Waals surface area contributed by atoms with Crippen LogP contribution in [0.3, 0.4) is 0 Å². The lowest BCUT2D eigenvalue weighted by Gasteiger charge is -2.05. The van der Waals surface area contributed by atoms with Crippen molar-refractivity contribution in [1.82, 2.24) is 5.32 Å². The molecule has 5 heteroatoms. The zero-order valence-electron chi connectivity index (χ0n) is 10.8. The Morgan fingerprint density at radius 3 is 2.47 bits per heavy atom. The molecule has 0 unspecified atom stereocenters. The van der Waals surface area contributed by atoms with Crippen molar-refractivity contribution in [1.29, 1.82) is 0 Å². The van der Waals surface area contributed by atoms with Crippen molar-refractivity contribution in [3.63, 3.8) is 0 Å². The summed E-state index contributed by atoms with van der Waals surface area (Å²) in [6.07, 6.45) is 0. The normalized spacial score (nSPS) is 10.7. The van der Waals surface area contributed by atoms with Gasteiger partial charge in [0.05, 0.1) is 19.2 Å². The first kappa shape index (κ1) is 13.5. The average molecular weight is 267 g/mol. The van der Waals surface area contributed by atoms with E-state index >= 15 is 0 Å². The van der Waals surface area contributed by atoms with Crippen LogP contribution >= 0.6 is 0 Å². The number of methoxy groups -OCH3 is 1. The molecule has 0 amide bonds. The van der Waals surface area contributed by atoms with Crippen LogP contribution in [0.1, 0.15) is 12.7 Å². The highest BCUT2D eigenvalue weighted by Crippen LogP contribution is 2.30. The van der Waals surface area contributed by atoms with E-state index in [1.807, 2.05) is 6.92 Å². The Bertz CT molecular complexity index is 543. The highest BCUT2D eigenvalue weighted by molar-refractivity contribution is 5.60. The van der Waals surface area contributed by atoms with Gasteiger partial charge in [-0.2, -0.15) is 0 Å². The SMILES string of the molecule is CCNCc1ccc(-c2c(F)cc(OC)cc2F)o1. The monoisotopic (exact) mass is 267 g/mol. The number of benzene rings is 1. The first-order valence-electron chi connectivity index (χ1n) is 5.98. The van der Waals surface area contributed by atoms with Gasteiger partial charge >= 0.3 is 0 Å². The second-order valence-corrected chi connectivity index (χ2v) is 4.01. The lowest BCUT2D eigenvalue weighted by Crippen LogP contribution is -2.10. The second-order valence-electron chi connectivity index (χ2n) is 4.01. The van der Waals surface area contributed by atoms with Gasteiger partial charge in [0.15, 0.2) is 0 Å². The summed E-state index contributed by atoms with van der Waals surface area (Å²) in [4.78, 5) is 0. The molecular formula is C14H15F2NO2. The second kappa shape index (κ2) is 5.84. The minimum Gasteiger partial charge on any atom is -0.497 e. The summed E-state index contributed by atoms with van der Waals surface area (Å²) in [7, 11) is 1.36. The minimum absolute atomic E-state index is 0.137. The number of rotatable bonds is 5. The highest BCUT2D eigenvalue weighted by Gasteiger charge is 2.17. The van der Waals surface area contributed by atoms with E-state index in [0.29, 0.717) is 12.3 Å². The first-order valence-corrected chi connectivity index (χ1v) is 5.98. The van der Waals surface area contributed by atoms with Crippen molar-refractivity contribution < 1.29 is 17.9 Å². The fourth-order valence-corrected chi connectivity index (χ4v) is 1.76. The lowest BCUT2D eigenvalue weighted by atomic mass is 10.1. The van der Waals surface area contributed by atoms with Crippen LogP contribution in [0.2, 0.25) is 0 Å². The smallest absolute Gasteiger partial charge is 0.140 e. The Morgan fingerprint density at radius 1 is 1.21 bits per heavy atom. The summed E-state index contributed by atoms with van der Waals surface area (Å²) in [5.41, 5.74) is -0.177. The third kappa shape index (κ3) is 2.93. The van der Waals surface area contributed by atoms with Crippen molar-refractivity contribution in [2.24, 2.45) is 0 Å². The Labute approximate surface area is 110 Å². The van der Waals surface area contributed by atoms with E-state index in [1.165, 1.54) is 7.11 Å². The Balaban J connectivity index is 2.33. The molecule has 0 aliphatic rings. The van der Waals surface area contributed by atoms with Gasteiger partial charge in [-0.05, 0) is 18.7 Å². The molecule has 19 heavy (non-hydrogen) atoms. The maximum absolute atomic E-state index is 13.8. The van der Waals surface area contributed by atoms with E-state index in [1.54, 1.807) is 12.1 Å². The Morgan fingerprint density at radius 2 is 1.89 bits per heavy atom. The third-order valence-electron chi connectivity index (χ3n) is 2.71. The summed E-state index contributed by atoms with van der Waals surface area (Å²) >= 11 is 0. The van der Waals surface area contributed by atoms with Crippen LogP contribution in [-0.2, 0) is 6.54 Å². The molecule has 1 aromatic carbocycles. The van der Waals surface area contributed by atoms with E-state index in [9.17, 15) is 8.78 Å². The highest BCUT2D eigenvalue weighted by atomic mass is 19.1. The number of furan rings is 1. The molecule has 102 valence electrons. The number of hydrogen-bond acceptors (Lipinski definition) is 3. The van der Waals surface area contributed by atoms with Gasteiger partial charge < -0.3 is 14.5 Å². The predicted octanol–water partition coefficient (Wildman–Crippen LogP) is 3.34. The minimum atomic E-state index is -0.707. The number of ether oxygens (including phenoxy) is 1. The summed E-state index contributed by atoms with van der Waals surface area (Å²) in [6.45, 7) is 3.28. The van der Waals surface area contributed by atoms with Crippen LogP contribution in [0.4, 0.5) is 8.78 Å². The van der Waals surface area contributed by atoms with Crippen LogP contribution in [0.5, 0.6) is 5.75 Å². The van der Waals surface area contributed by atoms with Crippen molar-refractivity contribution >= 4 is 0 Å². The predicted molar refractivity (Wildman–Crippen MR) is 68.0 cm³/mol. The zero-order valence-corrected chi connectivity index (χ0v) is 10.8. The number of hydrogen-bond donors (Lipinski definition) is 1. The lowest BCUT2D eigenvalue weighted by molar-refractivity contribution is 0.406. The molecule has 2 aromatic rings. The molecule has 2 rings (SSSR count). The van der Waals surface area contributed by atoms with E-state index in [0.717, 1.165) is 18.7 Å². The molecule has 0 bridgehead atoms. The summed E-state index contributed by atoms with van der Waals surface area (Å²) < 4.78 is 37.9. The fraction of sp³-hybridized carbons (Fsp3) is 0.286. The van der Waals surface area contributed by atoms with Crippen LogP contribution in [-0.4, -0.2) is 13.7 Å². The maximum Gasteiger partial charge on any atom is 0.140 e. The van der Waals surface area contributed by atoms with Gasteiger partial charge in [0.25, 0.3) is 0 Å². The molecule has 0 saturated heterocycles. The molecule has 1 N–H and O–H groups in total. The number of nitrogens with one attached hydrogen (secondary N) is 1. The molecular weight excluding hydrogens is 252 g/mol. The van der Waals surface area contributed by atoms with Gasteiger partial charge in [0, 0.05) is 12.1 Å². The van der Waals surface area contributed by atoms with Crippen LogP contribution in [0.15, 0.2) is 28.7 Å². The Hall–Kier alpha value is -1.88. The molecule has 1 aromatic heterocycles. The van der Waals surface area contributed by atoms with Gasteiger partial charge in [-0.3, -0.25) is 0 Å². The molecule has 0 atom stereocenters. The molecule has 0 fully saturated rings. The van der Waals surface area contributed by atoms with E-state index in [-0.39, 0.29) is 17.1 Å². The molecule has 0 saturated carbocycles. The van der Waals surface area contributed by atoms with Crippen molar-refractivity contribution in [3.05, 3.63) is 41.7 Å². The third-order valence-corrected chi connectivity index (χ3v) is 2.71. The Kier molecular flexibility index (Phi) is 4.16. The quantitative estimate of drug-likeness (QED) is 0.902. The molecule has 0 aliphatic heterocycles. The van der Waals surface area contributed by atoms with Crippen molar-refractivity contribution in [3.8, 4) is 17.1 Å². The number of halogens is 2. The largest absolute Gasteiger partial charge is 0.497 e. The molecule has 1 heterocycles. The van der Waals surface area contributed by atoms with Gasteiger partial charge in [0.1, 0.15) is 28.9 Å². The van der Waals surface area contributed by atoms with Crippen LogP contribution < -0.4 is 10.1 Å². The van der Waals surface area contributed by atoms with Gasteiger partial charge in [-0.15, -0.1) is 0 Å². The van der Waals surface area contributed by atoms with Crippen LogP contribution in [0, 0.1) is 11.6 Å². The van der Waals surface area contributed by atoms with Crippen molar-refractivity contribution in [2.75, 3.05) is 13.7 Å². The molecule has 0 radical (unpaired) electrons. The first-order chi connectivity index (χ1) is 9.15. The summed E-state index contributed by atoms with van der Waals surface area (Å²) in [6, 6.07) is 5.51. The van der Waals surface area contributed by atoms with E-state index in [2.05, 4.69) is 5.32 Å². The molecule has 0 spiro atoms. The maximum atomic E-state index is 13.8. The molecule has 3 nitrogen and oxygen atoms in total. The van der Waals surface area contributed by atoms with Gasteiger partial charge in [-0.25, -0.2) is 8.78 Å². The van der Waals surface area contributed by atoms with Crippen molar-refractivity contribution in [2.45, 2.75) is 13.5 Å². The molecule has 0 aliphatic carbocycles. The topological polar surface area (TPSA) is 34.4 Å². The van der Waals surface area contributed by atoms with Gasteiger partial charge in [0.2, 0.25) is 0 Å². The van der Waals surface area contributed by atoms with E-state index in [4.69, 9.17) is 9.15 Å². The standard InChI is InChI=1S/C14H15F2NO2/c1-3-17-8-9-4-5-13(19-9)14-11(15)6-10(18-2)7-12(14)16/h4-7,17H,3,8H2,1-2H3. The fourth-order valence-electron chi connectivity index (χ4n) is 1.76. The summed E-state index contributed by atoms with van der Waals surface area (Å²) in [5.74, 6) is -0.474. The summed E-state index contributed by atoms with van der Waals surface area (Å²) in [5, 5.41) is 3.08. The average Bonchev–Trinajstić information content (AvgIpc) is 2.84. The zero-order chi connectivity index (χ0) is 13.8. The van der Waals surface area contributed by atoms with E-state index < -0.39 is 11.6 Å². The van der Waals surface area contributed by atoms with Gasteiger partial charge in [-0.1, -0.05) is 6.92 Å².